The summed E-state index contributed by atoms with van der Waals surface area (Å²) in [4.78, 5) is 10.8. The van der Waals surface area contributed by atoms with Gasteiger partial charge in [-0.15, -0.1) is 5.76 Å². The van der Waals surface area contributed by atoms with Crippen LogP contribution in [0.15, 0.2) is 11.8 Å². The fraction of sp³-hybridized carbons (Fsp3) is 0.625. The van der Waals surface area contributed by atoms with Gasteiger partial charge in [-0.1, -0.05) is 6.92 Å². The van der Waals surface area contributed by atoms with Gasteiger partial charge < -0.3 is 9.84 Å². The second-order valence-electron chi connectivity index (χ2n) is 3.29. The molecule has 0 atom stereocenters. The van der Waals surface area contributed by atoms with Gasteiger partial charge in [-0.2, -0.15) is 0 Å². The number of carbonyl (C=O) groups excluding carboxylic acids is 1. The van der Waals surface area contributed by atoms with E-state index in [2.05, 4.69) is 0 Å². The minimum Gasteiger partial charge on any atom is -0.875 e. The number of hydrogen-bond donors (Lipinski definition) is 0. The van der Waals surface area contributed by atoms with Crippen LogP contribution in [-0.2, 0) is 9.53 Å². The molecule has 0 fully saturated rings. The first-order chi connectivity index (χ1) is 4.81. The predicted molar refractivity (Wildman–Crippen MR) is 39.6 cm³/mol. The first-order valence-corrected chi connectivity index (χ1v) is 3.39. The molecular formula is C8H13NaO3. The van der Waals surface area contributed by atoms with Crippen molar-refractivity contribution >= 4 is 5.97 Å². The van der Waals surface area contributed by atoms with Gasteiger partial charge in [-0.3, -0.25) is 0 Å². The fourth-order valence-electron chi connectivity index (χ4n) is 0.497. The van der Waals surface area contributed by atoms with Crippen LogP contribution in [0.4, 0.5) is 0 Å². The molecule has 0 bridgehead atoms. The van der Waals surface area contributed by atoms with Crippen LogP contribution in [0.1, 0.15) is 27.7 Å². The van der Waals surface area contributed by atoms with Gasteiger partial charge in [-0.25, -0.2) is 4.79 Å². The molecule has 3 nitrogen and oxygen atoms in total. The molecule has 0 heterocycles. The van der Waals surface area contributed by atoms with E-state index in [9.17, 15) is 9.90 Å². The summed E-state index contributed by atoms with van der Waals surface area (Å²) in [6.45, 7) is 6.56. The van der Waals surface area contributed by atoms with Gasteiger partial charge in [0, 0.05) is 6.08 Å². The summed E-state index contributed by atoms with van der Waals surface area (Å²) in [5, 5.41) is 10.4. The minimum atomic E-state index is -0.579. The maximum Gasteiger partial charge on any atom is 1.00 e. The molecule has 0 saturated carbocycles. The third-order valence-corrected chi connectivity index (χ3v) is 0.728. The zero-order valence-corrected chi connectivity index (χ0v) is 10.3. The van der Waals surface area contributed by atoms with E-state index in [0.29, 0.717) is 0 Å². The molecule has 12 heavy (non-hydrogen) atoms. The zero-order chi connectivity index (χ0) is 9.07. The molecule has 0 saturated heterocycles. The largest absolute Gasteiger partial charge is 1.00 e. The van der Waals surface area contributed by atoms with E-state index in [1.807, 2.05) is 0 Å². The molecule has 0 amide bonds. The maximum absolute atomic E-state index is 10.8. The van der Waals surface area contributed by atoms with E-state index in [4.69, 9.17) is 4.74 Å². The van der Waals surface area contributed by atoms with Crippen LogP contribution < -0.4 is 34.7 Å². The van der Waals surface area contributed by atoms with Gasteiger partial charge in [0.2, 0.25) is 0 Å². The summed E-state index contributed by atoms with van der Waals surface area (Å²) in [5.41, 5.74) is -0.525. The number of ether oxygens (including phenoxy) is 1. The van der Waals surface area contributed by atoms with E-state index >= 15 is 0 Å². The fourth-order valence-corrected chi connectivity index (χ4v) is 0.497. The van der Waals surface area contributed by atoms with E-state index in [1.165, 1.54) is 6.92 Å². The van der Waals surface area contributed by atoms with Gasteiger partial charge in [-0.05, 0) is 20.8 Å². The number of allylic oxidation sites excluding steroid dienone is 1. The molecular weight excluding hydrogens is 167 g/mol. The van der Waals surface area contributed by atoms with Crippen LogP contribution in [0.2, 0.25) is 0 Å². The summed E-state index contributed by atoms with van der Waals surface area (Å²) in [5.74, 6) is -0.871. The molecule has 0 aliphatic heterocycles. The monoisotopic (exact) mass is 180 g/mol. The van der Waals surface area contributed by atoms with Crippen LogP contribution in [0.3, 0.4) is 0 Å². The van der Waals surface area contributed by atoms with Crippen molar-refractivity contribution in [3.63, 3.8) is 0 Å². The molecule has 0 aromatic carbocycles. The van der Waals surface area contributed by atoms with Crippen molar-refractivity contribution in [1.29, 1.82) is 0 Å². The zero-order valence-electron chi connectivity index (χ0n) is 8.30. The Morgan fingerprint density at radius 3 is 2.08 bits per heavy atom. The Bertz CT molecular complexity index is 175. The van der Waals surface area contributed by atoms with Crippen molar-refractivity contribution < 1.29 is 44.2 Å². The van der Waals surface area contributed by atoms with Crippen molar-refractivity contribution in [3.05, 3.63) is 11.8 Å². The van der Waals surface area contributed by atoms with Crippen molar-refractivity contribution in [1.82, 2.24) is 0 Å². The van der Waals surface area contributed by atoms with Crippen LogP contribution >= 0.6 is 0 Å². The normalized spacial score (nSPS) is 11.8. The molecule has 0 aromatic rings. The van der Waals surface area contributed by atoms with E-state index in [-0.39, 0.29) is 35.3 Å². The number of hydrogen-bond acceptors (Lipinski definition) is 3. The topological polar surface area (TPSA) is 49.4 Å². The quantitative estimate of drug-likeness (QED) is 0.195. The average Bonchev–Trinajstić information content (AvgIpc) is 1.53. The van der Waals surface area contributed by atoms with Gasteiger partial charge in [0.25, 0.3) is 0 Å². The van der Waals surface area contributed by atoms with Crippen LogP contribution in [0.5, 0.6) is 0 Å². The Morgan fingerprint density at radius 2 is 1.83 bits per heavy atom. The molecule has 4 heteroatoms. The Labute approximate surface area is 95.1 Å². The third kappa shape index (κ3) is 10.0. The summed E-state index contributed by atoms with van der Waals surface area (Å²) in [6, 6.07) is 0. The molecule has 0 aliphatic carbocycles. The number of carbonyl (C=O) groups is 1. The standard InChI is InChI=1S/C8H14O3.Na/c1-6(9)5-7(10)11-8(2,3)4;/h5,9H,1-4H3;/q;+1/p-1/b6-5-;. The van der Waals surface area contributed by atoms with Crippen molar-refractivity contribution in [2.75, 3.05) is 0 Å². The molecule has 0 radical (unpaired) electrons. The molecule has 64 valence electrons. The predicted octanol–water partition coefficient (Wildman–Crippen LogP) is -2.40. The molecule has 0 aliphatic rings. The minimum absolute atomic E-state index is 0. The second-order valence-corrected chi connectivity index (χ2v) is 3.29. The summed E-state index contributed by atoms with van der Waals surface area (Å²) >= 11 is 0. The van der Waals surface area contributed by atoms with Gasteiger partial charge in [0.1, 0.15) is 5.60 Å². The smallest absolute Gasteiger partial charge is 0.875 e. The van der Waals surface area contributed by atoms with E-state index in [1.54, 1.807) is 20.8 Å². The summed E-state index contributed by atoms with van der Waals surface area (Å²) < 4.78 is 4.83. The number of esters is 1. The second kappa shape index (κ2) is 5.62. The molecule has 0 aromatic heterocycles. The molecule has 0 unspecified atom stereocenters. The molecule has 0 spiro atoms. The summed E-state index contributed by atoms with van der Waals surface area (Å²) in [7, 11) is 0. The molecule has 0 N–H and O–H groups in total. The third-order valence-electron chi connectivity index (χ3n) is 0.728. The first-order valence-electron chi connectivity index (χ1n) is 3.39. The van der Waals surface area contributed by atoms with Crippen LogP contribution in [0, 0.1) is 0 Å². The first kappa shape index (κ1) is 14.5. The van der Waals surface area contributed by atoms with Crippen LogP contribution in [0.25, 0.3) is 0 Å². The Morgan fingerprint density at radius 1 is 1.42 bits per heavy atom. The van der Waals surface area contributed by atoms with Crippen LogP contribution in [-0.4, -0.2) is 11.6 Å². The maximum atomic E-state index is 10.8. The Balaban J connectivity index is 0. The van der Waals surface area contributed by atoms with E-state index in [0.717, 1.165) is 6.08 Å². The van der Waals surface area contributed by atoms with Gasteiger partial charge in [0.15, 0.2) is 0 Å². The van der Waals surface area contributed by atoms with Gasteiger partial charge in [0.05, 0.1) is 0 Å². The van der Waals surface area contributed by atoms with Crippen molar-refractivity contribution in [2.45, 2.75) is 33.3 Å². The van der Waals surface area contributed by atoms with Gasteiger partial charge >= 0.3 is 35.5 Å². The Kier molecular flexibility index (Phi) is 6.81. The Hall–Kier alpha value is 0.0100. The van der Waals surface area contributed by atoms with Crippen molar-refractivity contribution in [2.24, 2.45) is 0 Å². The number of rotatable bonds is 1. The van der Waals surface area contributed by atoms with Crippen molar-refractivity contribution in [3.8, 4) is 0 Å². The SMILES string of the molecule is C/C([O-])=C/C(=O)OC(C)(C)C.[Na+]. The average molecular weight is 180 g/mol. The molecule has 0 rings (SSSR count). The summed E-state index contributed by atoms with van der Waals surface area (Å²) in [6.07, 6.45) is 0.936. The van der Waals surface area contributed by atoms with E-state index < -0.39 is 11.6 Å².